The lowest BCUT2D eigenvalue weighted by molar-refractivity contribution is -0.118. The van der Waals surface area contributed by atoms with Crippen LogP contribution in [0.4, 0.5) is 26.0 Å². The smallest absolute Gasteiger partial charge is 0.295 e. The Hall–Kier alpha value is -3.87. The molecule has 5 rings (SSSR count). The summed E-state index contributed by atoms with van der Waals surface area (Å²) in [7, 11) is -1.95. The van der Waals surface area contributed by atoms with Crippen molar-refractivity contribution in [3.63, 3.8) is 0 Å². The second-order valence-electron chi connectivity index (χ2n) is 10.4. The zero-order valence-electron chi connectivity index (χ0n) is 21.4. The van der Waals surface area contributed by atoms with Crippen molar-refractivity contribution < 1.29 is 22.0 Å². The fourth-order valence-corrected chi connectivity index (χ4v) is 5.38. The SMILES string of the molecule is Cc1cn(C)nc1-c1ccc(Nc2cc(NC(=O)[C@@H]3CC3(C)C)nc3nc(C(F)F)[nH]c23)c(S(C)(=O)=O)c1. The van der Waals surface area contributed by atoms with Crippen LogP contribution in [-0.2, 0) is 21.7 Å². The molecule has 1 saturated carbocycles. The molecule has 0 unspecified atom stereocenters. The van der Waals surface area contributed by atoms with Gasteiger partial charge in [0.2, 0.25) is 5.91 Å². The van der Waals surface area contributed by atoms with Crippen molar-refractivity contribution in [2.75, 3.05) is 16.9 Å². The summed E-state index contributed by atoms with van der Waals surface area (Å²) in [6.07, 6.45) is 0.755. The van der Waals surface area contributed by atoms with E-state index in [9.17, 15) is 22.0 Å². The summed E-state index contributed by atoms with van der Waals surface area (Å²) >= 11 is 0. The number of aromatic amines is 1. The molecule has 0 aliphatic heterocycles. The van der Waals surface area contributed by atoms with Crippen LogP contribution in [0.1, 0.15) is 38.1 Å². The molecule has 1 atom stereocenters. The number of pyridine rings is 1. The zero-order valence-corrected chi connectivity index (χ0v) is 22.2. The van der Waals surface area contributed by atoms with Gasteiger partial charge in [0.15, 0.2) is 21.3 Å². The number of benzene rings is 1. The van der Waals surface area contributed by atoms with E-state index >= 15 is 0 Å². The van der Waals surface area contributed by atoms with Crippen LogP contribution in [0.2, 0.25) is 0 Å². The fraction of sp³-hybridized carbons (Fsp3) is 0.360. The summed E-state index contributed by atoms with van der Waals surface area (Å²) in [5.41, 5.74) is 2.54. The number of nitrogens with zero attached hydrogens (tertiary/aromatic N) is 4. The molecule has 0 radical (unpaired) electrons. The molecule has 1 fully saturated rings. The first-order valence-electron chi connectivity index (χ1n) is 11.8. The van der Waals surface area contributed by atoms with Crippen molar-refractivity contribution in [1.82, 2.24) is 24.7 Å². The standard InChI is InChI=1S/C25H27F2N7O3S/c1-12-11-34(4)33-19(12)13-6-7-15(17(8-13)38(5,36)37)28-16-9-18(30-24(35)14-10-25(14,2)3)29-22-20(16)31-23(32-22)21(26)27/h6-9,11,14,21H,10H2,1-5H3,(H3,28,29,30,31,32,35)/t14-/m0/s1. The van der Waals surface area contributed by atoms with E-state index in [0.717, 1.165) is 18.2 Å². The molecule has 0 saturated heterocycles. The number of halogens is 2. The molecule has 0 spiro atoms. The molecule has 1 aliphatic carbocycles. The summed E-state index contributed by atoms with van der Waals surface area (Å²) in [5, 5.41) is 10.2. The number of fused-ring (bicyclic) bond motifs is 1. The van der Waals surface area contributed by atoms with Gasteiger partial charge < -0.3 is 15.6 Å². The zero-order chi connectivity index (χ0) is 27.6. The van der Waals surface area contributed by atoms with Crippen molar-refractivity contribution in [2.45, 2.75) is 38.5 Å². The third kappa shape index (κ3) is 4.85. The third-order valence-corrected chi connectivity index (χ3v) is 7.84. The predicted octanol–water partition coefficient (Wildman–Crippen LogP) is 4.74. The molecule has 4 aromatic rings. The van der Waals surface area contributed by atoms with Crippen molar-refractivity contribution in [1.29, 1.82) is 0 Å². The molecule has 3 aromatic heterocycles. The van der Waals surface area contributed by atoms with Gasteiger partial charge in [0.05, 0.1) is 22.0 Å². The number of nitrogens with one attached hydrogen (secondary N) is 3. The maximum atomic E-state index is 13.4. The van der Waals surface area contributed by atoms with Crippen LogP contribution in [-0.4, -0.2) is 45.3 Å². The minimum Gasteiger partial charge on any atom is -0.353 e. The van der Waals surface area contributed by atoms with E-state index in [1.807, 2.05) is 27.0 Å². The van der Waals surface area contributed by atoms with E-state index in [-0.39, 0.29) is 50.5 Å². The van der Waals surface area contributed by atoms with Gasteiger partial charge in [-0.1, -0.05) is 19.9 Å². The van der Waals surface area contributed by atoms with Crippen LogP contribution in [0.5, 0.6) is 0 Å². The fourth-order valence-electron chi connectivity index (χ4n) is 4.52. The molecule has 1 aromatic carbocycles. The van der Waals surface area contributed by atoms with E-state index in [2.05, 4.69) is 30.7 Å². The first-order chi connectivity index (χ1) is 17.7. The summed E-state index contributed by atoms with van der Waals surface area (Å²) in [6.45, 7) is 5.83. The third-order valence-electron chi connectivity index (χ3n) is 6.70. The Bertz CT molecular complexity index is 1690. The number of amides is 1. The molecule has 13 heteroatoms. The Morgan fingerprint density at radius 3 is 2.50 bits per heavy atom. The number of aryl methyl sites for hydroxylation is 2. The summed E-state index contributed by atoms with van der Waals surface area (Å²) < 4.78 is 54.1. The van der Waals surface area contributed by atoms with Crippen LogP contribution in [0.25, 0.3) is 22.4 Å². The highest BCUT2D eigenvalue weighted by Crippen LogP contribution is 2.52. The average molecular weight is 544 g/mol. The van der Waals surface area contributed by atoms with Gasteiger partial charge in [-0.25, -0.2) is 27.2 Å². The number of sulfone groups is 1. The molecule has 200 valence electrons. The molecule has 3 heterocycles. The lowest BCUT2D eigenvalue weighted by Gasteiger charge is -2.14. The monoisotopic (exact) mass is 543 g/mol. The number of hydrogen-bond acceptors (Lipinski definition) is 7. The lowest BCUT2D eigenvalue weighted by Crippen LogP contribution is -2.17. The van der Waals surface area contributed by atoms with Crippen LogP contribution in [0.15, 0.2) is 35.4 Å². The lowest BCUT2D eigenvalue weighted by atomic mass is 10.1. The molecule has 0 bridgehead atoms. The van der Waals surface area contributed by atoms with Gasteiger partial charge in [-0.05, 0) is 36.5 Å². The van der Waals surface area contributed by atoms with E-state index in [0.29, 0.717) is 11.3 Å². The van der Waals surface area contributed by atoms with Gasteiger partial charge in [-0.2, -0.15) is 5.10 Å². The molecule has 1 amide bonds. The minimum absolute atomic E-state index is 0.0103. The van der Waals surface area contributed by atoms with E-state index < -0.39 is 22.1 Å². The van der Waals surface area contributed by atoms with E-state index in [1.165, 1.54) is 12.1 Å². The number of carbonyl (C=O) groups is 1. The Morgan fingerprint density at radius 1 is 1.21 bits per heavy atom. The van der Waals surface area contributed by atoms with Crippen molar-refractivity contribution in [2.24, 2.45) is 18.4 Å². The summed E-state index contributed by atoms with van der Waals surface area (Å²) in [4.78, 5) is 23.3. The van der Waals surface area contributed by atoms with E-state index in [4.69, 9.17) is 0 Å². The molecule has 38 heavy (non-hydrogen) atoms. The van der Waals surface area contributed by atoms with Gasteiger partial charge in [0.25, 0.3) is 6.43 Å². The van der Waals surface area contributed by atoms with Crippen LogP contribution in [0, 0.1) is 18.3 Å². The van der Waals surface area contributed by atoms with Crippen molar-refractivity contribution >= 4 is 44.1 Å². The van der Waals surface area contributed by atoms with Crippen LogP contribution in [0.3, 0.4) is 0 Å². The maximum Gasteiger partial charge on any atom is 0.295 e. The number of hydrogen-bond donors (Lipinski definition) is 3. The van der Waals surface area contributed by atoms with Gasteiger partial charge in [-0.15, -0.1) is 0 Å². The molecule has 10 nitrogen and oxygen atoms in total. The highest BCUT2D eigenvalue weighted by atomic mass is 32.2. The predicted molar refractivity (Wildman–Crippen MR) is 139 cm³/mol. The molecule has 3 N–H and O–H groups in total. The second-order valence-corrected chi connectivity index (χ2v) is 12.3. The Balaban J connectivity index is 1.58. The topological polar surface area (TPSA) is 135 Å². The number of aromatic nitrogens is 5. The van der Waals surface area contributed by atoms with Gasteiger partial charge in [0.1, 0.15) is 11.3 Å². The molecule has 1 aliphatic rings. The van der Waals surface area contributed by atoms with Gasteiger partial charge in [-0.3, -0.25) is 9.48 Å². The van der Waals surface area contributed by atoms with Gasteiger partial charge >= 0.3 is 0 Å². The largest absolute Gasteiger partial charge is 0.353 e. The number of H-pyrrole nitrogens is 1. The minimum atomic E-state index is -3.72. The van der Waals surface area contributed by atoms with Crippen molar-refractivity contribution in [3.05, 3.63) is 41.9 Å². The maximum absolute atomic E-state index is 13.4. The van der Waals surface area contributed by atoms with Crippen LogP contribution < -0.4 is 10.6 Å². The Labute approximate surface area is 217 Å². The highest BCUT2D eigenvalue weighted by Gasteiger charge is 2.50. The summed E-state index contributed by atoms with van der Waals surface area (Å²) in [6, 6.07) is 6.29. The van der Waals surface area contributed by atoms with Gasteiger partial charge in [0, 0.05) is 37.0 Å². The normalized spacial score (nSPS) is 16.7. The number of imidazole rings is 1. The highest BCUT2D eigenvalue weighted by molar-refractivity contribution is 7.90. The number of rotatable bonds is 7. The summed E-state index contributed by atoms with van der Waals surface area (Å²) in [5.74, 6) is -0.899. The first-order valence-corrected chi connectivity index (χ1v) is 13.7. The number of carbonyl (C=O) groups excluding carboxylic acids is 1. The van der Waals surface area contributed by atoms with Crippen LogP contribution >= 0.6 is 0 Å². The number of anilines is 3. The quantitative estimate of drug-likeness (QED) is 0.307. The average Bonchev–Trinajstić information content (AvgIpc) is 3.12. The van der Waals surface area contributed by atoms with E-state index in [1.54, 1.807) is 23.9 Å². The second kappa shape index (κ2) is 8.86. The first kappa shape index (κ1) is 25.8. The molecular weight excluding hydrogens is 516 g/mol. The Kier molecular flexibility index (Phi) is 6.01. The molecular formula is C25H27F2N7O3S. The van der Waals surface area contributed by atoms with Crippen molar-refractivity contribution in [3.8, 4) is 11.3 Å². The Morgan fingerprint density at radius 2 is 1.92 bits per heavy atom. The number of alkyl halides is 2.